The number of benzene rings is 1. The number of aryl methyl sites for hydroxylation is 2. The molecule has 1 aliphatic heterocycles. The van der Waals surface area contributed by atoms with E-state index in [1.54, 1.807) is 6.07 Å². The first-order valence-electron chi connectivity index (χ1n) is 5.12. The van der Waals surface area contributed by atoms with Gasteiger partial charge in [-0.05, 0) is 25.0 Å². The predicted octanol–water partition coefficient (Wildman–Crippen LogP) is 2.29. The van der Waals surface area contributed by atoms with Crippen LogP contribution in [-0.2, 0) is 13.0 Å². The van der Waals surface area contributed by atoms with Crippen LogP contribution in [0, 0.1) is 0 Å². The Kier molecular flexibility index (Phi) is 1.63. The van der Waals surface area contributed by atoms with Gasteiger partial charge in [0.2, 0.25) is 0 Å². The summed E-state index contributed by atoms with van der Waals surface area (Å²) >= 11 is 0. The van der Waals surface area contributed by atoms with Crippen molar-refractivity contribution < 1.29 is 9.90 Å². The maximum Gasteiger partial charge on any atom is 0.337 e. The summed E-state index contributed by atoms with van der Waals surface area (Å²) in [5.41, 5.74) is 2.57. The van der Waals surface area contributed by atoms with Crippen molar-refractivity contribution in [1.29, 1.82) is 0 Å². The van der Waals surface area contributed by atoms with Gasteiger partial charge in [-0.15, -0.1) is 0 Å². The Morgan fingerprint density at radius 1 is 1.40 bits per heavy atom. The number of hydrogen-bond acceptors (Lipinski definition) is 1. The quantitative estimate of drug-likeness (QED) is 0.769. The maximum atomic E-state index is 11.1. The molecule has 0 amide bonds. The highest BCUT2D eigenvalue weighted by Crippen LogP contribution is 2.28. The highest BCUT2D eigenvalue weighted by Gasteiger charge is 2.18. The van der Waals surface area contributed by atoms with E-state index in [2.05, 4.69) is 10.6 Å². The molecule has 3 nitrogen and oxygen atoms in total. The Labute approximate surface area is 86.9 Å². The minimum Gasteiger partial charge on any atom is -0.478 e. The Bertz CT molecular complexity index is 554. The van der Waals surface area contributed by atoms with Gasteiger partial charge in [0.25, 0.3) is 0 Å². The molecule has 0 bridgehead atoms. The summed E-state index contributed by atoms with van der Waals surface area (Å²) in [4.78, 5) is 11.1. The molecule has 0 atom stereocenters. The van der Waals surface area contributed by atoms with Gasteiger partial charge in [0.15, 0.2) is 0 Å². The molecule has 0 spiro atoms. The molecule has 0 radical (unpaired) electrons. The minimum atomic E-state index is -0.839. The standard InChI is InChI=1S/C12H11NO2/c14-12(15)10-5-1-3-8-7-9-4-2-6-13(9)11(8)10/h1,3,5,7H,2,4,6H2,(H,14,15). The smallest absolute Gasteiger partial charge is 0.337 e. The second-order valence-electron chi connectivity index (χ2n) is 3.94. The number of carboxylic acids is 1. The molecule has 3 rings (SSSR count). The van der Waals surface area contributed by atoms with E-state index in [4.69, 9.17) is 5.11 Å². The van der Waals surface area contributed by atoms with Crippen molar-refractivity contribution in [1.82, 2.24) is 4.57 Å². The van der Waals surface area contributed by atoms with Crippen molar-refractivity contribution in [3.8, 4) is 0 Å². The lowest BCUT2D eigenvalue weighted by atomic mass is 10.1. The van der Waals surface area contributed by atoms with E-state index in [9.17, 15) is 4.79 Å². The van der Waals surface area contributed by atoms with Gasteiger partial charge in [-0.1, -0.05) is 12.1 Å². The van der Waals surface area contributed by atoms with Crippen LogP contribution < -0.4 is 0 Å². The van der Waals surface area contributed by atoms with E-state index in [-0.39, 0.29) is 0 Å². The van der Waals surface area contributed by atoms with Crippen molar-refractivity contribution in [2.24, 2.45) is 0 Å². The summed E-state index contributed by atoms with van der Waals surface area (Å²) in [5, 5.41) is 10.2. The fraction of sp³-hybridized carbons (Fsp3) is 0.250. The van der Waals surface area contributed by atoms with Gasteiger partial charge in [-0.3, -0.25) is 0 Å². The zero-order valence-corrected chi connectivity index (χ0v) is 8.23. The van der Waals surface area contributed by atoms with Gasteiger partial charge in [0.05, 0.1) is 11.1 Å². The number of para-hydroxylation sites is 1. The molecule has 0 unspecified atom stereocenters. The van der Waals surface area contributed by atoms with Crippen LogP contribution in [0.1, 0.15) is 22.5 Å². The van der Waals surface area contributed by atoms with Crippen LogP contribution in [0.2, 0.25) is 0 Å². The molecule has 3 heteroatoms. The zero-order chi connectivity index (χ0) is 10.4. The third kappa shape index (κ3) is 1.09. The van der Waals surface area contributed by atoms with Gasteiger partial charge >= 0.3 is 5.97 Å². The summed E-state index contributed by atoms with van der Waals surface area (Å²) in [6.07, 6.45) is 2.19. The molecular formula is C12H11NO2. The average Bonchev–Trinajstić information content (AvgIpc) is 2.75. The lowest BCUT2D eigenvalue weighted by Crippen LogP contribution is -2.01. The van der Waals surface area contributed by atoms with Crippen molar-refractivity contribution in [3.05, 3.63) is 35.5 Å². The van der Waals surface area contributed by atoms with Crippen LogP contribution in [-0.4, -0.2) is 15.6 Å². The van der Waals surface area contributed by atoms with E-state index in [1.807, 2.05) is 12.1 Å². The Morgan fingerprint density at radius 2 is 2.27 bits per heavy atom. The van der Waals surface area contributed by atoms with Crippen LogP contribution >= 0.6 is 0 Å². The molecule has 76 valence electrons. The van der Waals surface area contributed by atoms with Gasteiger partial charge in [-0.2, -0.15) is 0 Å². The number of nitrogens with zero attached hydrogens (tertiary/aromatic N) is 1. The average molecular weight is 201 g/mol. The fourth-order valence-electron chi connectivity index (χ4n) is 2.43. The number of carbonyl (C=O) groups is 1. The summed E-state index contributed by atoms with van der Waals surface area (Å²) in [7, 11) is 0. The lowest BCUT2D eigenvalue weighted by Gasteiger charge is -2.03. The summed E-state index contributed by atoms with van der Waals surface area (Å²) in [6, 6.07) is 7.57. The normalized spacial score (nSPS) is 14.4. The highest BCUT2D eigenvalue weighted by atomic mass is 16.4. The van der Waals surface area contributed by atoms with Crippen molar-refractivity contribution >= 4 is 16.9 Å². The van der Waals surface area contributed by atoms with E-state index in [0.717, 1.165) is 30.3 Å². The Balaban J connectivity index is 2.41. The van der Waals surface area contributed by atoms with E-state index in [1.165, 1.54) is 5.69 Å². The van der Waals surface area contributed by atoms with Crippen LogP contribution in [0.5, 0.6) is 0 Å². The lowest BCUT2D eigenvalue weighted by molar-refractivity contribution is 0.0698. The Morgan fingerprint density at radius 3 is 3.07 bits per heavy atom. The third-order valence-electron chi connectivity index (χ3n) is 3.05. The van der Waals surface area contributed by atoms with Gasteiger partial charge in [0, 0.05) is 17.6 Å². The first kappa shape index (κ1) is 8.53. The van der Waals surface area contributed by atoms with Gasteiger partial charge in [-0.25, -0.2) is 4.79 Å². The largest absolute Gasteiger partial charge is 0.478 e. The topological polar surface area (TPSA) is 42.2 Å². The molecule has 0 aliphatic carbocycles. The molecule has 0 saturated heterocycles. The predicted molar refractivity (Wildman–Crippen MR) is 57.2 cm³/mol. The maximum absolute atomic E-state index is 11.1. The van der Waals surface area contributed by atoms with Crippen molar-refractivity contribution in [2.45, 2.75) is 19.4 Å². The highest BCUT2D eigenvalue weighted by molar-refractivity contribution is 6.02. The number of aromatic carboxylic acids is 1. The molecule has 2 heterocycles. The molecular weight excluding hydrogens is 190 g/mol. The van der Waals surface area contributed by atoms with E-state index in [0.29, 0.717) is 5.56 Å². The van der Waals surface area contributed by atoms with Crippen LogP contribution in [0.15, 0.2) is 24.3 Å². The molecule has 1 aromatic heterocycles. The summed E-state index contributed by atoms with van der Waals surface area (Å²) < 4.78 is 2.14. The first-order valence-corrected chi connectivity index (χ1v) is 5.12. The van der Waals surface area contributed by atoms with Crippen LogP contribution in [0.25, 0.3) is 10.9 Å². The van der Waals surface area contributed by atoms with Crippen molar-refractivity contribution in [3.63, 3.8) is 0 Å². The molecule has 0 fully saturated rings. The minimum absolute atomic E-state index is 0.417. The molecule has 15 heavy (non-hydrogen) atoms. The third-order valence-corrected chi connectivity index (χ3v) is 3.05. The van der Waals surface area contributed by atoms with E-state index >= 15 is 0 Å². The molecule has 1 aromatic carbocycles. The van der Waals surface area contributed by atoms with Gasteiger partial charge < -0.3 is 9.67 Å². The SMILES string of the molecule is O=C(O)c1cccc2cc3n(c12)CCC3. The summed E-state index contributed by atoms with van der Waals surface area (Å²) in [5.74, 6) is -0.839. The van der Waals surface area contributed by atoms with E-state index < -0.39 is 5.97 Å². The molecule has 0 saturated carbocycles. The molecule has 1 aliphatic rings. The number of hydrogen-bond donors (Lipinski definition) is 1. The van der Waals surface area contributed by atoms with Gasteiger partial charge in [0.1, 0.15) is 0 Å². The number of aromatic nitrogens is 1. The molecule has 1 N–H and O–H groups in total. The Hall–Kier alpha value is -1.77. The van der Waals surface area contributed by atoms with Crippen molar-refractivity contribution in [2.75, 3.05) is 0 Å². The number of rotatable bonds is 1. The number of carboxylic acid groups (broad SMARTS) is 1. The van der Waals surface area contributed by atoms with Crippen LogP contribution in [0.4, 0.5) is 0 Å². The van der Waals surface area contributed by atoms with Crippen LogP contribution in [0.3, 0.4) is 0 Å². The zero-order valence-electron chi connectivity index (χ0n) is 8.23. The second kappa shape index (κ2) is 2.86. The monoisotopic (exact) mass is 201 g/mol. The summed E-state index contributed by atoms with van der Waals surface area (Å²) in [6.45, 7) is 0.948. The molecule has 2 aromatic rings. The fourth-order valence-corrected chi connectivity index (χ4v) is 2.43. The number of fused-ring (bicyclic) bond motifs is 3. The second-order valence-corrected chi connectivity index (χ2v) is 3.94. The first-order chi connectivity index (χ1) is 7.27.